The smallest absolute Gasteiger partial charge is 0.335 e. The van der Waals surface area contributed by atoms with Gasteiger partial charge in [0.15, 0.2) is 11.3 Å². The van der Waals surface area contributed by atoms with Crippen LogP contribution in [0.2, 0.25) is 0 Å². The van der Waals surface area contributed by atoms with Crippen LogP contribution in [0.5, 0.6) is 0 Å². The van der Waals surface area contributed by atoms with E-state index in [0.717, 1.165) is 10.6 Å². The molecule has 6 heteroatoms. The third kappa shape index (κ3) is 4.46. The van der Waals surface area contributed by atoms with E-state index in [0.29, 0.717) is 11.1 Å². The van der Waals surface area contributed by atoms with Gasteiger partial charge in [-0.05, 0) is 31.0 Å². The summed E-state index contributed by atoms with van der Waals surface area (Å²) in [6.07, 6.45) is 1.66. The van der Waals surface area contributed by atoms with E-state index in [9.17, 15) is 14.4 Å². The Morgan fingerprint density at radius 3 is 2.03 bits per heavy atom. The number of nitrogens with zero attached hydrogens (tertiary/aromatic N) is 2. The maximum atomic E-state index is 13.6. The molecule has 1 fully saturated rings. The molecule has 0 bridgehead atoms. The Balaban J connectivity index is 1.77. The predicted molar refractivity (Wildman–Crippen MR) is 125 cm³/mol. The van der Waals surface area contributed by atoms with Crippen molar-refractivity contribution >= 4 is 23.9 Å². The Bertz CT molecular complexity index is 1160. The van der Waals surface area contributed by atoms with Gasteiger partial charge in [0.25, 0.3) is 5.91 Å². The molecule has 4 rings (SSSR count). The molecule has 33 heavy (non-hydrogen) atoms. The summed E-state index contributed by atoms with van der Waals surface area (Å²) in [5, 5.41) is 5.58. The van der Waals surface area contributed by atoms with Crippen LogP contribution < -0.4 is 0 Å². The number of hydrogen-bond donors (Lipinski definition) is 0. The Morgan fingerprint density at radius 2 is 1.45 bits per heavy atom. The molecular formula is C27H24N2O4. The molecule has 6 nitrogen and oxygen atoms in total. The highest BCUT2D eigenvalue weighted by Gasteiger charge is 2.70. The lowest BCUT2D eigenvalue weighted by Crippen LogP contribution is -2.47. The fourth-order valence-corrected chi connectivity index (χ4v) is 3.87. The van der Waals surface area contributed by atoms with Crippen LogP contribution >= 0.6 is 0 Å². The summed E-state index contributed by atoms with van der Waals surface area (Å²) < 4.78 is 5.35. The quantitative estimate of drug-likeness (QED) is 0.226. The molecule has 0 unspecified atom stereocenters. The van der Waals surface area contributed by atoms with Crippen molar-refractivity contribution in [1.82, 2.24) is 5.01 Å². The van der Waals surface area contributed by atoms with Crippen molar-refractivity contribution in [3.05, 3.63) is 108 Å². The Labute approximate surface area is 192 Å². The van der Waals surface area contributed by atoms with Gasteiger partial charge in [-0.15, -0.1) is 0 Å². The molecule has 0 radical (unpaired) electrons. The Kier molecular flexibility index (Phi) is 6.45. The lowest BCUT2D eigenvalue weighted by atomic mass is 10.0. The number of rotatable bonds is 8. The zero-order valence-corrected chi connectivity index (χ0v) is 18.3. The first-order chi connectivity index (χ1) is 16.1. The predicted octanol–water partition coefficient (Wildman–Crippen LogP) is 4.37. The SMILES string of the molecule is CCOC(=O)[C@@]1(N(/N=C/c2ccccc2)C(=O)c2ccccc2)C[C@H]1C(=O)c1ccccc1. The van der Waals surface area contributed by atoms with Crippen molar-refractivity contribution in [2.45, 2.75) is 18.9 Å². The first kappa shape index (κ1) is 22.1. The lowest BCUT2D eigenvalue weighted by Gasteiger charge is -2.27. The third-order valence-corrected chi connectivity index (χ3v) is 5.65. The minimum absolute atomic E-state index is 0.128. The van der Waals surface area contributed by atoms with Gasteiger partial charge in [0.1, 0.15) is 0 Å². The van der Waals surface area contributed by atoms with Crippen LogP contribution in [-0.2, 0) is 9.53 Å². The summed E-state index contributed by atoms with van der Waals surface area (Å²) in [5.41, 5.74) is 0.104. The van der Waals surface area contributed by atoms with E-state index < -0.39 is 23.3 Å². The number of hydrogen-bond acceptors (Lipinski definition) is 5. The van der Waals surface area contributed by atoms with E-state index >= 15 is 0 Å². The molecular weight excluding hydrogens is 416 g/mol. The van der Waals surface area contributed by atoms with Crippen LogP contribution in [0.4, 0.5) is 0 Å². The van der Waals surface area contributed by atoms with Gasteiger partial charge in [0.2, 0.25) is 0 Å². The minimum atomic E-state index is -1.50. The summed E-state index contributed by atoms with van der Waals surface area (Å²) in [5.74, 6) is -2.07. The minimum Gasteiger partial charge on any atom is -0.464 e. The molecule has 0 heterocycles. The largest absolute Gasteiger partial charge is 0.464 e. The fraction of sp³-hybridized carbons (Fsp3) is 0.185. The van der Waals surface area contributed by atoms with Crippen molar-refractivity contribution < 1.29 is 19.1 Å². The maximum absolute atomic E-state index is 13.6. The molecule has 0 aliphatic heterocycles. The molecule has 1 amide bonds. The first-order valence-corrected chi connectivity index (χ1v) is 10.8. The van der Waals surface area contributed by atoms with Crippen LogP contribution in [0.25, 0.3) is 0 Å². The topological polar surface area (TPSA) is 76.0 Å². The van der Waals surface area contributed by atoms with Crippen molar-refractivity contribution in [3.8, 4) is 0 Å². The number of carbonyl (C=O) groups is 3. The molecule has 1 aliphatic rings. The number of Topliss-reactive ketones (excluding diaryl/α,β-unsaturated/α-hetero) is 1. The zero-order chi connectivity index (χ0) is 23.3. The van der Waals surface area contributed by atoms with Crippen LogP contribution in [0.3, 0.4) is 0 Å². The molecule has 0 spiro atoms. The molecule has 3 aromatic carbocycles. The van der Waals surface area contributed by atoms with Crippen molar-refractivity contribution in [2.75, 3.05) is 6.61 Å². The van der Waals surface area contributed by atoms with Gasteiger partial charge in [-0.3, -0.25) is 9.59 Å². The number of esters is 1. The van der Waals surface area contributed by atoms with Crippen molar-refractivity contribution in [1.29, 1.82) is 0 Å². The van der Waals surface area contributed by atoms with E-state index in [1.54, 1.807) is 61.5 Å². The normalized spacial score (nSPS) is 19.1. The van der Waals surface area contributed by atoms with Gasteiger partial charge >= 0.3 is 5.97 Å². The Hall–Kier alpha value is -4.06. The van der Waals surface area contributed by atoms with Gasteiger partial charge in [-0.25, -0.2) is 9.80 Å². The number of benzene rings is 3. The van der Waals surface area contributed by atoms with Crippen LogP contribution in [-0.4, -0.2) is 41.0 Å². The number of ether oxygens (including phenoxy) is 1. The number of ketones is 1. The molecule has 1 aliphatic carbocycles. The second kappa shape index (κ2) is 9.61. The highest BCUT2D eigenvalue weighted by atomic mass is 16.5. The number of carbonyl (C=O) groups excluding carboxylic acids is 3. The standard InChI is InChI=1S/C27H24N2O4/c1-2-33-26(32)27(18-23(27)24(30)21-14-8-4-9-15-21)29(25(31)22-16-10-5-11-17-22)28-19-20-12-6-3-7-13-20/h3-17,19,23H,2,18H2,1H3/b28-19+/t23-,27+/m0/s1. The molecule has 3 aromatic rings. The second-order valence-corrected chi connectivity index (χ2v) is 7.77. The highest BCUT2D eigenvalue weighted by Crippen LogP contribution is 2.52. The molecule has 0 aromatic heterocycles. The van der Waals surface area contributed by atoms with Crippen molar-refractivity contribution in [3.63, 3.8) is 0 Å². The molecule has 166 valence electrons. The van der Waals surface area contributed by atoms with Gasteiger partial charge in [0.05, 0.1) is 18.7 Å². The van der Waals surface area contributed by atoms with Gasteiger partial charge in [-0.2, -0.15) is 5.10 Å². The summed E-state index contributed by atoms with van der Waals surface area (Å²) in [4.78, 5) is 40.1. The molecule has 0 N–H and O–H groups in total. The van der Waals surface area contributed by atoms with Crippen LogP contribution in [0.1, 0.15) is 39.6 Å². The molecule has 0 saturated heterocycles. The molecule has 2 atom stereocenters. The van der Waals surface area contributed by atoms with E-state index in [2.05, 4.69) is 5.10 Å². The van der Waals surface area contributed by atoms with Crippen LogP contribution in [0.15, 0.2) is 96.1 Å². The van der Waals surface area contributed by atoms with Crippen molar-refractivity contribution in [2.24, 2.45) is 11.0 Å². The van der Waals surface area contributed by atoms with E-state index in [1.165, 1.54) is 6.21 Å². The number of amides is 1. The second-order valence-electron chi connectivity index (χ2n) is 7.77. The average molecular weight is 440 g/mol. The van der Waals surface area contributed by atoms with E-state index in [-0.39, 0.29) is 18.8 Å². The van der Waals surface area contributed by atoms with Crippen LogP contribution in [0, 0.1) is 5.92 Å². The first-order valence-electron chi connectivity index (χ1n) is 10.8. The zero-order valence-electron chi connectivity index (χ0n) is 18.3. The Morgan fingerprint density at radius 1 is 0.909 bits per heavy atom. The lowest BCUT2D eigenvalue weighted by molar-refractivity contribution is -0.150. The van der Waals surface area contributed by atoms with E-state index in [4.69, 9.17) is 4.74 Å². The number of hydrazone groups is 1. The molecule has 1 saturated carbocycles. The highest BCUT2D eigenvalue weighted by molar-refractivity contribution is 6.09. The fourth-order valence-electron chi connectivity index (χ4n) is 3.87. The van der Waals surface area contributed by atoms with Gasteiger partial charge in [-0.1, -0.05) is 78.9 Å². The van der Waals surface area contributed by atoms with E-state index in [1.807, 2.05) is 36.4 Å². The summed E-state index contributed by atoms with van der Waals surface area (Å²) >= 11 is 0. The summed E-state index contributed by atoms with van der Waals surface area (Å²) in [6, 6.07) is 26.6. The summed E-state index contributed by atoms with van der Waals surface area (Å²) in [6.45, 7) is 1.82. The summed E-state index contributed by atoms with van der Waals surface area (Å²) in [7, 11) is 0. The van der Waals surface area contributed by atoms with Gasteiger partial charge in [0, 0.05) is 11.1 Å². The maximum Gasteiger partial charge on any atom is 0.335 e. The monoisotopic (exact) mass is 440 g/mol. The average Bonchev–Trinajstić information content (AvgIpc) is 3.62. The third-order valence-electron chi connectivity index (χ3n) is 5.65. The van der Waals surface area contributed by atoms with Gasteiger partial charge < -0.3 is 4.74 Å².